The standard InChI is InChI=1S/C17H17FN2O3/c1-20(17(21)19-14-7-3-2-6-13(14)18)10-12-11-22-15-8-4-5-9-16(15)23-12/h2-9,12H,10-11H2,1H3,(H,19,21)/t12-/m0/s1. The Labute approximate surface area is 133 Å². The molecular weight excluding hydrogens is 299 g/mol. The summed E-state index contributed by atoms with van der Waals surface area (Å²) in [6, 6.07) is 13.0. The Kier molecular flexibility index (Phi) is 4.32. The number of urea groups is 1. The Morgan fingerprint density at radius 1 is 1.22 bits per heavy atom. The molecule has 0 radical (unpaired) electrons. The van der Waals surface area contributed by atoms with Crippen LogP contribution in [0.2, 0.25) is 0 Å². The molecule has 0 spiro atoms. The summed E-state index contributed by atoms with van der Waals surface area (Å²) < 4.78 is 25.0. The number of halogens is 1. The van der Waals surface area contributed by atoms with Crippen LogP contribution in [0.3, 0.4) is 0 Å². The molecule has 0 saturated heterocycles. The van der Waals surface area contributed by atoms with Gasteiger partial charge >= 0.3 is 6.03 Å². The second-order valence-electron chi connectivity index (χ2n) is 5.29. The van der Waals surface area contributed by atoms with Crippen molar-refractivity contribution in [2.45, 2.75) is 6.10 Å². The molecule has 23 heavy (non-hydrogen) atoms. The lowest BCUT2D eigenvalue weighted by atomic mass is 10.2. The fourth-order valence-corrected chi connectivity index (χ4v) is 2.31. The first-order chi connectivity index (χ1) is 11.1. The minimum atomic E-state index is -0.472. The summed E-state index contributed by atoms with van der Waals surface area (Å²) in [5.74, 6) is 0.884. The fraction of sp³-hybridized carbons (Fsp3) is 0.235. The second kappa shape index (κ2) is 6.56. The van der Waals surface area contributed by atoms with Crippen molar-refractivity contribution in [2.24, 2.45) is 0 Å². The van der Waals surface area contributed by atoms with Crippen LogP contribution in [-0.2, 0) is 0 Å². The van der Waals surface area contributed by atoms with E-state index in [0.29, 0.717) is 24.7 Å². The predicted molar refractivity (Wildman–Crippen MR) is 84.4 cm³/mol. The van der Waals surface area contributed by atoms with E-state index in [9.17, 15) is 9.18 Å². The molecule has 2 amide bonds. The van der Waals surface area contributed by atoms with Crippen LogP contribution in [0.15, 0.2) is 48.5 Å². The molecule has 0 aliphatic carbocycles. The molecule has 3 rings (SSSR count). The monoisotopic (exact) mass is 316 g/mol. The van der Waals surface area contributed by atoms with E-state index in [1.807, 2.05) is 24.3 Å². The number of nitrogens with zero attached hydrogens (tertiary/aromatic N) is 1. The number of carbonyl (C=O) groups excluding carboxylic acids is 1. The number of hydrogen-bond acceptors (Lipinski definition) is 3. The molecule has 5 nitrogen and oxygen atoms in total. The number of para-hydroxylation sites is 3. The van der Waals surface area contributed by atoms with Crippen molar-refractivity contribution in [1.82, 2.24) is 4.90 Å². The fourth-order valence-electron chi connectivity index (χ4n) is 2.31. The zero-order chi connectivity index (χ0) is 16.2. The SMILES string of the molecule is CN(C[C@H]1COc2ccccc2O1)C(=O)Nc1ccccc1F. The Morgan fingerprint density at radius 3 is 2.70 bits per heavy atom. The van der Waals surface area contributed by atoms with Crippen molar-refractivity contribution in [2.75, 3.05) is 25.5 Å². The number of fused-ring (bicyclic) bond motifs is 1. The van der Waals surface area contributed by atoms with Gasteiger partial charge in [0.25, 0.3) is 0 Å². The molecule has 1 aliphatic rings. The average molecular weight is 316 g/mol. The van der Waals surface area contributed by atoms with Gasteiger partial charge in [0.05, 0.1) is 12.2 Å². The van der Waals surface area contributed by atoms with Gasteiger partial charge in [0.1, 0.15) is 12.4 Å². The average Bonchev–Trinajstić information content (AvgIpc) is 2.56. The van der Waals surface area contributed by atoms with Crippen LogP contribution in [0.4, 0.5) is 14.9 Å². The number of ether oxygens (including phenoxy) is 2. The van der Waals surface area contributed by atoms with Crippen LogP contribution in [0.25, 0.3) is 0 Å². The molecule has 1 aliphatic heterocycles. The number of hydrogen-bond donors (Lipinski definition) is 1. The van der Waals surface area contributed by atoms with Gasteiger partial charge in [-0.15, -0.1) is 0 Å². The third-order valence-corrected chi connectivity index (χ3v) is 3.51. The van der Waals surface area contributed by atoms with E-state index in [-0.39, 0.29) is 11.8 Å². The zero-order valence-electron chi connectivity index (χ0n) is 12.7. The third kappa shape index (κ3) is 3.53. The summed E-state index contributed by atoms with van der Waals surface area (Å²) in [6.07, 6.45) is -0.277. The van der Waals surface area contributed by atoms with Crippen molar-refractivity contribution in [3.05, 3.63) is 54.3 Å². The highest BCUT2D eigenvalue weighted by molar-refractivity contribution is 5.89. The van der Waals surface area contributed by atoms with E-state index < -0.39 is 11.8 Å². The Bertz CT molecular complexity index is 708. The first-order valence-corrected chi connectivity index (χ1v) is 7.28. The van der Waals surface area contributed by atoms with Gasteiger partial charge in [-0.05, 0) is 24.3 Å². The summed E-state index contributed by atoms with van der Waals surface area (Å²) >= 11 is 0. The van der Waals surface area contributed by atoms with Gasteiger partial charge in [-0.1, -0.05) is 24.3 Å². The van der Waals surface area contributed by atoms with Gasteiger partial charge in [0, 0.05) is 7.05 Å². The lowest BCUT2D eigenvalue weighted by Crippen LogP contribution is -2.43. The second-order valence-corrected chi connectivity index (χ2v) is 5.29. The molecule has 6 heteroatoms. The molecule has 120 valence electrons. The lowest BCUT2D eigenvalue weighted by molar-refractivity contribution is 0.0731. The summed E-state index contributed by atoms with van der Waals surface area (Å²) in [6.45, 7) is 0.683. The Hall–Kier alpha value is -2.76. The number of benzene rings is 2. The normalized spacial score (nSPS) is 15.8. The number of amides is 2. The molecule has 0 saturated carbocycles. The first-order valence-electron chi connectivity index (χ1n) is 7.28. The number of likely N-dealkylation sites (N-methyl/N-ethyl adjacent to an activating group) is 1. The molecule has 0 fully saturated rings. The molecule has 1 heterocycles. The van der Waals surface area contributed by atoms with Crippen LogP contribution in [0.1, 0.15) is 0 Å². The number of carbonyl (C=O) groups is 1. The molecular formula is C17H17FN2O3. The van der Waals surface area contributed by atoms with E-state index in [1.165, 1.54) is 17.0 Å². The highest BCUT2D eigenvalue weighted by Gasteiger charge is 2.23. The van der Waals surface area contributed by atoms with Gasteiger partial charge in [0.15, 0.2) is 17.6 Å². The van der Waals surface area contributed by atoms with E-state index in [2.05, 4.69) is 5.32 Å². The molecule has 1 atom stereocenters. The quantitative estimate of drug-likeness (QED) is 0.946. The minimum absolute atomic E-state index is 0.149. The van der Waals surface area contributed by atoms with E-state index in [4.69, 9.17) is 9.47 Å². The van der Waals surface area contributed by atoms with E-state index >= 15 is 0 Å². The Balaban J connectivity index is 1.58. The maximum Gasteiger partial charge on any atom is 0.321 e. The maximum atomic E-state index is 13.6. The van der Waals surface area contributed by atoms with Gasteiger partial charge in [-0.2, -0.15) is 0 Å². The van der Waals surface area contributed by atoms with Gasteiger partial charge in [-0.25, -0.2) is 9.18 Å². The number of rotatable bonds is 3. The van der Waals surface area contributed by atoms with Crippen molar-refractivity contribution >= 4 is 11.7 Å². The first kappa shape index (κ1) is 15.1. The predicted octanol–water partition coefficient (Wildman–Crippen LogP) is 3.13. The van der Waals surface area contributed by atoms with Crippen LogP contribution in [0, 0.1) is 5.82 Å². The molecule has 0 bridgehead atoms. The third-order valence-electron chi connectivity index (χ3n) is 3.51. The van der Waals surface area contributed by atoms with E-state index in [0.717, 1.165) is 0 Å². The highest BCUT2D eigenvalue weighted by Crippen LogP contribution is 2.30. The summed E-state index contributed by atoms with van der Waals surface area (Å²) in [4.78, 5) is 13.6. The largest absolute Gasteiger partial charge is 0.486 e. The van der Waals surface area contributed by atoms with Crippen molar-refractivity contribution in [3.63, 3.8) is 0 Å². The number of anilines is 1. The highest BCUT2D eigenvalue weighted by atomic mass is 19.1. The lowest BCUT2D eigenvalue weighted by Gasteiger charge is -2.29. The van der Waals surface area contributed by atoms with Crippen LogP contribution in [-0.4, -0.2) is 37.2 Å². The van der Waals surface area contributed by atoms with Gasteiger partial charge in [-0.3, -0.25) is 0 Å². The summed E-state index contributed by atoms with van der Waals surface area (Å²) in [5.41, 5.74) is 0.149. The van der Waals surface area contributed by atoms with Crippen LogP contribution >= 0.6 is 0 Å². The van der Waals surface area contributed by atoms with Gasteiger partial charge in [0.2, 0.25) is 0 Å². The smallest absolute Gasteiger partial charge is 0.321 e. The molecule has 0 unspecified atom stereocenters. The van der Waals surface area contributed by atoms with Crippen molar-refractivity contribution in [3.8, 4) is 11.5 Å². The number of nitrogens with one attached hydrogen (secondary N) is 1. The summed E-state index contributed by atoms with van der Waals surface area (Å²) in [7, 11) is 1.63. The topological polar surface area (TPSA) is 50.8 Å². The minimum Gasteiger partial charge on any atom is -0.486 e. The van der Waals surface area contributed by atoms with Crippen molar-refractivity contribution < 1.29 is 18.7 Å². The molecule has 2 aromatic rings. The van der Waals surface area contributed by atoms with Crippen LogP contribution in [0.5, 0.6) is 11.5 Å². The Morgan fingerprint density at radius 2 is 1.91 bits per heavy atom. The summed E-state index contributed by atoms with van der Waals surface area (Å²) in [5, 5.41) is 2.53. The molecule has 1 N–H and O–H groups in total. The van der Waals surface area contributed by atoms with Crippen LogP contribution < -0.4 is 14.8 Å². The molecule has 2 aromatic carbocycles. The maximum absolute atomic E-state index is 13.6. The van der Waals surface area contributed by atoms with E-state index in [1.54, 1.807) is 19.2 Å². The van der Waals surface area contributed by atoms with Gasteiger partial charge < -0.3 is 19.7 Å². The van der Waals surface area contributed by atoms with Crippen molar-refractivity contribution in [1.29, 1.82) is 0 Å². The zero-order valence-corrected chi connectivity index (χ0v) is 12.7. The molecule has 0 aromatic heterocycles.